The summed E-state index contributed by atoms with van der Waals surface area (Å²) in [6.45, 7) is 5.98. The molecule has 2 heterocycles. The predicted octanol–water partition coefficient (Wildman–Crippen LogP) is 4.95. The Balaban J connectivity index is 1.47. The second kappa shape index (κ2) is 7.75. The first-order valence-corrected chi connectivity index (χ1v) is 9.24. The quantitative estimate of drug-likeness (QED) is 0.356. The van der Waals surface area contributed by atoms with E-state index in [-0.39, 0.29) is 0 Å². The number of aromatic nitrogens is 2. The van der Waals surface area contributed by atoms with Crippen LogP contribution in [0.3, 0.4) is 0 Å². The van der Waals surface area contributed by atoms with Crippen LogP contribution >= 0.6 is 0 Å². The molecule has 0 unspecified atom stereocenters. The van der Waals surface area contributed by atoms with Crippen LogP contribution in [0.4, 0.5) is 0 Å². The van der Waals surface area contributed by atoms with Crippen LogP contribution in [0.5, 0.6) is 11.5 Å². The maximum absolute atomic E-state index is 12.6. The lowest BCUT2D eigenvalue weighted by molar-refractivity contribution is 0.0736. The van der Waals surface area contributed by atoms with Crippen LogP contribution in [0.1, 0.15) is 33.1 Å². The van der Waals surface area contributed by atoms with Gasteiger partial charge in [0, 0.05) is 11.1 Å². The van der Waals surface area contributed by atoms with Crippen molar-refractivity contribution >= 4 is 16.9 Å². The van der Waals surface area contributed by atoms with Gasteiger partial charge in [0.1, 0.15) is 23.6 Å². The molecule has 0 aliphatic heterocycles. The zero-order valence-electron chi connectivity index (χ0n) is 16.4. The molecule has 0 amide bonds. The molecule has 4 rings (SSSR count). The van der Waals surface area contributed by atoms with Gasteiger partial charge in [-0.1, -0.05) is 23.4 Å². The van der Waals surface area contributed by atoms with Gasteiger partial charge >= 0.3 is 5.97 Å². The molecule has 2 aromatic carbocycles. The predicted molar refractivity (Wildman–Crippen MR) is 108 cm³/mol. The number of carbonyl (C=O) groups excluding carboxylic acids is 1. The van der Waals surface area contributed by atoms with Crippen LogP contribution in [0, 0.1) is 20.8 Å². The summed E-state index contributed by atoms with van der Waals surface area (Å²) in [7, 11) is 0. The summed E-state index contributed by atoms with van der Waals surface area (Å²) in [4.78, 5) is 17.1. The maximum Gasteiger partial charge on any atom is 0.343 e. The molecule has 0 aliphatic carbocycles. The highest BCUT2D eigenvalue weighted by molar-refractivity contribution is 5.94. The van der Waals surface area contributed by atoms with Crippen molar-refractivity contribution in [1.82, 2.24) is 10.1 Å². The molecule has 0 spiro atoms. The van der Waals surface area contributed by atoms with Crippen molar-refractivity contribution in [3.8, 4) is 11.5 Å². The first-order valence-electron chi connectivity index (χ1n) is 9.24. The number of ether oxygens (including phenoxy) is 2. The molecule has 0 aliphatic rings. The Morgan fingerprint density at radius 1 is 1.00 bits per heavy atom. The highest BCUT2D eigenvalue weighted by Gasteiger charge is 2.13. The van der Waals surface area contributed by atoms with E-state index in [1.807, 2.05) is 45.0 Å². The lowest BCUT2D eigenvalue weighted by atomic mass is 10.2. The topological polar surface area (TPSA) is 74.5 Å². The number of aryl methyl sites for hydroxylation is 3. The Kier molecular flexibility index (Phi) is 4.99. The van der Waals surface area contributed by atoms with Gasteiger partial charge in [-0.3, -0.25) is 0 Å². The van der Waals surface area contributed by atoms with Gasteiger partial charge in [0.2, 0.25) is 0 Å². The van der Waals surface area contributed by atoms with Crippen LogP contribution in [0.2, 0.25) is 0 Å². The minimum absolute atomic E-state index is 0.353. The average Bonchev–Trinajstić information content (AvgIpc) is 3.04. The number of fused-ring (bicyclic) bond motifs is 1. The van der Waals surface area contributed by atoms with Crippen molar-refractivity contribution in [3.05, 3.63) is 82.9 Å². The number of carbonyl (C=O) groups is 1. The molecule has 0 saturated carbocycles. The van der Waals surface area contributed by atoms with Gasteiger partial charge in [0.25, 0.3) is 0 Å². The van der Waals surface area contributed by atoms with Crippen molar-refractivity contribution in [2.75, 3.05) is 0 Å². The van der Waals surface area contributed by atoms with Crippen molar-refractivity contribution in [2.45, 2.75) is 27.4 Å². The Labute approximate surface area is 168 Å². The summed E-state index contributed by atoms with van der Waals surface area (Å²) in [6.07, 6.45) is 0. The zero-order chi connectivity index (χ0) is 20.4. The Bertz CT molecular complexity index is 1160. The second-order valence-electron chi connectivity index (χ2n) is 6.79. The van der Waals surface area contributed by atoms with E-state index in [1.165, 1.54) is 0 Å². The summed E-state index contributed by atoms with van der Waals surface area (Å²) in [5, 5.41) is 4.83. The van der Waals surface area contributed by atoms with Gasteiger partial charge in [-0.15, -0.1) is 0 Å². The lowest BCUT2D eigenvalue weighted by Gasteiger charge is -2.09. The van der Waals surface area contributed by atoms with E-state index in [4.69, 9.17) is 14.0 Å². The number of pyridine rings is 1. The molecular formula is C23H20N2O4. The summed E-state index contributed by atoms with van der Waals surface area (Å²) < 4.78 is 16.5. The number of para-hydroxylation sites is 1. The fraction of sp³-hybridized carbons (Fsp3) is 0.174. The lowest BCUT2D eigenvalue weighted by Crippen LogP contribution is -2.09. The van der Waals surface area contributed by atoms with E-state index >= 15 is 0 Å². The van der Waals surface area contributed by atoms with Crippen molar-refractivity contribution < 1.29 is 18.8 Å². The van der Waals surface area contributed by atoms with Gasteiger partial charge in [-0.25, -0.2) is 9.78 Å². The highest BCUT2D eigenvalue weighted by atomic mass is 16.5. The SMILES string of the molecule is Cc1ccc2cccc(OC(=O)c3ccc(OCc4c(C)noc4C)cc3)c2n1. The smallest absolute Gasteiger partial charge is 0.343 e. The third-order valence-electron chi connectivity index (χ3n) is 4.68. The molecule has 4 aromatic rings. The van der Waals surface area contributed by atoms with Gasteiger partial charge in [-0.2, -0.15) is 0 Å². The molecule has 0 saturated heterocycles. The van der Waals surface area contributed by atoms with E-state index < -0.39 is 5.97 Å². The van der Waals surface area contributed by atoms with Crippen molar-refractivity contribution in [3.63, 3.8) is 0 Å². The van der Waals surface area contributed by atoms with Crippen LogP contribution in [-0.2, 0) is 6.61 Å². The molecule has 0 bridgehead atoms. The van der Waals surface area contributed by atoms with Gasteiger partial charge < -0.3 is 14.0 Å². The van der Waals surface area contributed by atoms with Crippen LogP contribution < -0.4 is 9.47 Å². The monoisotopic (exact) mass is 388 g/mol. The zero-order valence-corrected chi connectivity index (χ0v) is 16.4. The third kappa shape index (κ3) is 3.96. The standard InChI is InChI=1S/C23H20N2O4/c1-14-7-8-17-5-4-6-21(22(17)24-14)28-23(26)18-9-11-19(12-10-18)27-13-20-15(2)25-29-16(20)3/h4-12H,13H2,1-3H3. The molecule has 6 nitrogen and oxygen atoms in total. The molecule has 0 fully saturated rings. The molecule has 146 valence electrons. The molecule has 0 radical (unpaired) electrons. The minimum Gasteiger partial charge on any atom is -0.489 e. The van der Waals surface area contributed by atoms with Crippen LogP contribution in [-0.4, -0.2) is 16.1 Å². The molecule has 2 aromatic heterocycles. The molecular weight excluding hydrogens is 368 g/mol. The van der Waals surface area contributed by atoms with E-state index in [1.54, 1.807) is 30.3 Å². The fourth-order valence-corrected chi connectivity index (χ4v) is 3.01. The van der Waals surface area contributed by atoms with E-state index in [2.05, 4.69) is 10.1 Å². The normalized spacial score (nSPS) is 10.9. The second-order valence-corrected chi connectivity index (χ2v) is 6.79. The van der Waals surface area contributed by atoms with Crippen LogP contribution in [0.15, 0.2) is 59.1 Å². The van der Waals surface area contributed by atoms with E-state index in [0.29, 0.717) is 29.2 Å². The molecule has 6 heteroatoms. The molecule has 0 atom stereocenters. The fourth-order valence-electron chi connectivity index (χ4n) is 3.01. The summed E-state index contributed by atoms with van der Waals surface area (Å²) in [6, 6.07) is 16.2. The number of benzene rings is 2. The summed E-state index contributed by atoms with van der Waals surface area (Å²) >= 11 is 0. The Morgan fingerprint density at radius 2 is 1.79 bits per heavy atom. The molecule has 0 N–H and O–H groups in total. The highest BCUT2D eigenvalue weighted by Crippen LogP contribution is 2.25. The molecule has 29 heavy (non-hydrogen) atoms. The number of hydrogen-bond donors (Lipinski definition) is 0. The largest absolute Gasteiger partial charge is 0.489 e. The van der Waals surface area contributed by atoms with E-state index in [9.17, 15) is 4.79 Å². The number of esters is 1. The number of nitrogens with zero attached hydrogens (tertiary/aromatic N) is 2. The maximum atomic E-state index is 12.6. The first-order chi connectivity index (χ1) is 14.0. The van der Waals surface area contributed by atoms with Gasteiger partial charge in [0.05, 0.1) is 16.8 Å². The number of rotatable bonds is 5. The minimum atomic E-state index is -0.446. The van der Waals surface area contributed by atoms with Gasteiger partial charge in [0.15, 0.2) is 5.75 Å². The third-order valence-corrected chi connectivity index (χ3v) is 4.68. The Morgan fingerprint density at radius 3 is 2.52 bits per heavy atom. The van der Waals surface area contributed by atoms with Gasteiger partial charge in [-0.05, 0) is 57.2 Å². The van der Waals surface area contributed by atoms with E-state index in [0.717, 1.165) is 28.1 Å². The summed E-state index contributed by atoms with van der Waals surface area (Å²) in [5.41, 5.74) is 3.69. The summed E-state index contributed by atoms with van der Waals surface area (Å²) in [5.74, 6) is 1.37. The Hall–Kier alpha value is -3.67. The van der Waals surface area contributed by atoms with Crippen LogP contribution in [0.25, 0.3) is 10.9 Å². The van der Waals surface area contributed by atoms with Crippen molar-refractivity contribution in [2.24, 2.45) is 0 Å². The van der Waals surface area contributed by atoms with Crippen molar-refractivity contribution in [1.29, 1.82) is 0 Å². The first kappa shape index (κ1) is 18.7. The average molecular weight is 388 g/mol. The number of hydrogen-bond acceptors (Lipinski definition) is 6.